The number of rotatable bonds is 4. The number of hydrogen-bond donors (Lipinski definition) is 2. The van der Waals surface area contributed by atoms with Gasteiger partial charge in [0.1, 0.15) is 0 Å². The number of nitrogens with zero attached hydrogens (tertiary/aromatic N) is 1. The van der Waals surface area contributed by atoms with Crippen molar-refractivity contribution >= 4 is 29.4 Å². The minimum atomic E-state index is -0.945. The number of halogens is 1. The highest BCUT2D eigenvalue weighted by Crippen LogP contribution is 2.37. The Morgan fingerprint density at radius 3 is 2.68 bits per heavy atom. The van der Waals surface area contributed by atoms with E-state index in [0.29, 0.717) is 43.8 Å². The quantitative estimate of drug-likeness (QED) is 0.853. The number of carboxylic acids is 1. The molecule has 2 amide bonds. The van der Waals surface area contributed by atoms with Crippen LogP contribution in [0.15, 0.2) is 24.3 Å². The summed E-state index contributed by atoms with van der Waals surface area (Å²) in [5.74, 6) is -1.82. The Balaban J connectivity index is 1.56. The largest absolute Gasteiger partial charge is 0.481 e. The van der Waals surface area contributed by atoms with Gasteiger partial charge in [0.25, 0.3) is 0 Å². The summed E-state index contributed by atoms with van der Waals surface area (Å²) in [7, 11) is 0. The number of carbonyl (C=O) groups excluding carboxylic acids is 2. The summed E-state index contributed by atoms with van der Waals surface area (Å²) in [5, 5.41) is 12.9. The van der Waals surface area contributed by atoms with E-state index in [1.807, 2.05) is 18.2 Å². The van der Waals surface area contributed by atoms with Crippen molar-refractivity contribution in [1.82, 2.24) is 10.2 Å². The second kappa shape index (κ2) is 7.04. The van der Waals surface area contributed by atoms with E-state index in [-0.39, 0.29) is 18.2 Å². The molecule has 2 fully saturated rings. The molecule has 0 aliphatic carbocycles. The summed E-state index contributed by atoms with van der Waals surface area (Å²) in [6, 6.07) is 7.45. The normalized spacial score (nSPS) is 22.0. The first-order valence-electron chi connectivity index (χ1n) is 8.46. The number of carbonyl (C=O) groups is 3. The summed E-state index contributed by atoms with van der Waals surface area (Å²) < 4.78 is 0. The van der Waals surface area contributed by atoms with Crippen molar-refractivity contribution in [3.63, 3.8) is 0 Å². The first kappa shape index (κ1) is 17.7. The maximum Gasteiger partial charge on any atom is 0.309 e. The lowest BCUT2D eigenvalue weighted by Gasteiger charge is -2.41. The van der Waals surface area contributed by atoms with Crippen molar-refractivity contribution in [1.29, 1.82) is 0 Å². The lowest BCUT2D eigenvalue weighted by atomic mass is 9.77. The zero-order chi connectivity index (χ0) is 18.0. The molecule has 0 bridgehead atoms. The van der Waals surface area contributed by atoms with Gasteiger partial charge in [-0.05, 0) is 37.0 Å². The average Bonchev–Trinajstić information content (AvgIpc) is 2.89. The molecular formula is C18H21ClN2O4. The third-order valence-electron chi connectivity index (χ3n) is 5.27. The first-order valence-corrected chi connectivity index (χ1v) is 8.83. The zero-order valence-electron chi connectivity index (χ0n) is 13.8. The van der Waals surface area contributed by atoms with E-state index >= 15 is 0 Å². The van der Waals surface area contributed by atoms with Crippen LogP contribution in [0, 0.1) is 5.92 Å². The van der Waals surface area contributed by atoms with E-state index < -0.39 is 17.4 Å². The predicted molar refractivity (Wildman–Crippen MR) is 92.2 cm³/mol. The van der Waals surface area contributed by atoms with Gasteiger partial charge in [0.05, 0.1) is 11.5 Å². The van der Waals surface area contributed by atoms with Crippen LogP contribution in [0.4, 0.5) is 0 Å². The average molecular weight is 365 g/mol. The van der Waals surface area contributed by atoms with Gasteiger partial charge in [-0.3, -0.25) is 14.4 Å². The van der Waals surface area contributed by atoms with E-state index in [1.165, 1.54) is 0 Å². The Morgan fingerprint density at radius 2 is 2.04 bits per heavy atom. The van der Waals surface area contributed by atoms with E-state index in [2.05, 4.69) is 5.32 Å². The molecule has 2 N–H and O–H groups in total. The number of aliphatic carboxylic acids is 1. The molecule has 0 unspecified atom stereocenters. The van der Waals surface area contributed by atoms with Crippen LogP contribution >= 0.6 is 11.6 Å². The van der Waals surface area contributed by atoms with Crippen LogP contribution < -0.4 is 5.32 Å². The maximum absolute atomic E-state index is 12.4. The number of amides is 2. The van der Waals surface area contributed by atoms with Crippen LogP contribution in [0.3, 0.4) is 0 Å². The van der Waals surface area contributed by atoms with Gasteiger partial charge < -0.3 is 15.3 Å². The Hall–Kier alpha value is -2.08. The van der Waals surface area contributed by atoms with Crippen LogP contribution in [-0.2, 0) is 20.8 Å². The SMILES string of the molecule is O=C1C[C@@H](C(=O)O)C2(CCN(C(=O)CCc3cccc(Cl)c3)CC2)N1. The number of piperidine rings is 1. The van der Waals surface area contributed by atoms with Gasteiger partial charge in [-0.2, -0.15) is 0 Å². The van der Waals surface area contributed by atoms with Gasteiger partial charge >= 0.3 is 5.97 Å². The molecule has 7 heteroatoms. The van der Waals surface area contributed by atoms with Gasteiger partial charge in [0.2, 0.25) is 11.8 Å². The Labute approximate surface area is 151 Å². The highest BCUT2D eigenvalue weighted by atomic mass is 35.5. The third kappa shape index (κ3) is 3.79. The fraction of sp³-hybridized carbons (Fsp3) is 0.500. The summed E-state index contributed by atoms with van der Waals surface area (Å²) in [6.45, 7) is 0.941. The van der Waals surface area contributed by atoms with E-state index in [9.17, 15) is 19.5 Å². The van der Waals surface area contributed by atoms with Crippen LogP contribution in [0.1, 0.15) is 31.2 Å². The second-order valence-electron chi connectivity index (χ2n) is 6.81. The van der Waals surface area contributed by atoms with Gasteiger partial charge in [0, 0.05) is 31.0 Å². The molecule has 0 aromatic heterocycles. The second-order valence-corrected chi connectivity index (χ2v) is 7.25. The van der Waals surface area contributed by atoms with Crippen molar-refractivity contribution in [2.24, 2.45) is 5.92 Å². The molecule has 2 saturated heterocycles. The molecular weight excluding hydrogens is 344 g/mol. The fourth-order valence-corrected chi connectivity index (χ4v) is 4.06. The molecule has 134 valence electrons. The molecule has 2 aliphatic heterocycles. The molecule has 0 radical (unpaired) electrons. The van der Waals surface area contributed by atoms with Crippen molar-refractivity contribution in [3.8, 4) is 0 Å². The molecule has 1 aromatic rings. The van der Waals surface area contributed by atoms with Gasteiger partial charge in [-0.25, -0.2) is 0 Å². The maximum atomic E-state index is 12.4. The number of hydrogen-bond acceptors (Lipinski definition) is 3. The molecule has 25 heavy (non-hydrogen) atoms. The van der Waals surface area contributed by atoms with E-state index in [1.54, 1.807) is 11.0 Å². The number of benzene rings is 1. The minimum absolute atomic E-state index is 0.0258. The van der Waals surface area contributed by atoms with Gasteiger partial charge in [0.15, 0.2) is 0 Å². The molecule has 0 saturated carbocycles. The van der Waals surface area contributed by atoms with Crippen LogP contribution in [-0.4, -0.2) is 46.4 Å². The fourth-order valence-electron chi connectivity index (χ4n) is 3.85. The van der Waals surface area contributed by atoms with E-state index in [4.69, 9.17) is 11.6 Å². The molecule has 1 aromatic carbocycles. The molecule has 3 rings (SSSR count). The summed E-state index contributed by atoms with van der Waals surface area (Å²) in [6.07, 6.45) is 2.01. The number of likely N-dealkylation sites (tertiary alicyclic amines) is 1. The standard InChI is InChI=1S/C18H21ClN2O4/c19-13-3-1-2-12(10-13)4-5-16(23)21-8-6-18(7-9-21)14(17(24)25)11-15(22)20-18/h1-3,10,14H,4-9,11H2,(H,20,22)(H,24,25)/t14-/m0/s1. The van der Waals surface area contributed by atoms with Gasteiger partial charge in [-0.1, -0.05) is 23.7 Å². The van der Waals surface area contributed by atoms with Crippen LogP contribution in [0.5, 0.6) is 0 Å². The number of aryl methyl sites for hydroxylation is 1. The molecule has 6 nitrogen and oxygen atoms in total. The van der Waals surface area contributed by atoms with Crippen molar-refractivity contribution < 1.29 is 19.5 Å². The first-order chi connectivity index (χ1) is 11.9. The zero-order valence-corrected chi connectivity index (χ0v) is 14.6. The number of nitrogens with one attached hydrogen (secondary N) is 1. The van der Waals surface area contributed by atoms with Crippen LogP contribution in [0.25, 0.3) is 0 Å². The van der Waals surface area contributed by atoms with Crippen LogP contribution in [0.2, 0.25) is 5.02 Å². The third-order valence-corrected chi connectivity index (χ3v) is 5.50. The molecule has 1 atom stereocenters. The van der Waals surface area contributed by atoms with Crippen molar-refractivity contribution in [3.05, 3.63) is 34.9 Å². The lowest BCUT2D eigenvalue weighted by molar-refractivity contribution is -0.145. The predicted octanol–water partition coefficient (Wildman–Crippen LogP) is 1.85. The molecule has 1 spiro atoms. The summed E-state index contributed by atoms with van der Waals surface area (Å²) >= 11 is 5.95. The van der Waals surface area contributed by atoms with Crippen molar-refractivity contribution in [2.75, 3.05) is 13.1 Å². The van der Waals surface area contributed by atoms with E-state index in [0.717, 1.165) is 5.56 Å². The van der Waals surface area contributed by atoms with Crippen molar-refractivity contribution in [2.45, 2.75) is 37.6 Å². The Bertz CT molecular complexity index is 698. The smallest absolute Gasteiger partial charge is 0.309 e. The highest BCUT2D eigenvalue weighted by molar-refractivity contribution is 6.30. The Morgan fingerprint density at radius 1 is 1.32 bits per heavy atom. The highest BCUT2D eigenvalue weighted by Gasteiger charge is 2.51. The Kier molecular flexibility index (Phi) is 4.99. The minimum Gasteiger partial charge on any atom is -0.481 e. The number of carboxylic acid groups (broad SMARTS) is 1. The molecule has 2 heterocycles. The van der Waals surface area contributed by atoms with Gasteiger partial charge in [-0.15, -0.1) is 0 Å². The summed E-state index contributed by atoms with van der Waals surface area (Å²) in [5.41, 5.74) is 0.315. The monoisotopic (exact) mass is 364 g/mol. The topological polar surface area (TPSA) is 86.7 Å². The summed E-state index contributed by atoms with van der Waals surface area (Å²) in [4.78, 5) is 37.3. The lowest BCUT2D eigenvalue weighted by Crippen LogP contribution is -2.56. The molecule has 2 aliphatic rings.